The number of likely N-dealkylation sites (tertiary alicyclic amines) is 2. The Morgan fingerprint density at radius 3 is 2.67 bits per heavy atom. The van der Waals surface area contributed by atoms with E-state index in [2.05, 4.69) is 4.90 Å². The number of piperidine rings is 1. The summed E-state index contributed by atoms with van der Waals surface area (Å²) in [6, 6.07) is 0. The quantitative estimate of drug-likeness (QED) is 0.617. The first-order chi connectivity index (χ1) is 11.5. The van der Waals surface area contributed by atoms with Gasteiger partial charge in [-0.2, -0.15) is 0 Å². The van der Waals surface area contributed by atoms with Gasteiger partial charge in [-0.15, -0.1) is 0 Å². The highest BCUT2D eigenvalue weighted by molar-refractivity contribution is 5.89. The number of hydrogen-bond acceptors (Lipinski definition) is 5. The van der Waals surface area contributed by atoms with Crippen molar-refractivity contribution in [3.63, 3.8) is 0 Å². The summed E-state index contributed by atoms with van der Waals surface area (Å²) in [6.45, 7) is 4.91. The lowest BCUT2D eigenvalue weighted by Gasteiger charge is -2.33. The van der Waals surface area contributed by atoms with E-state index in [0.29, 0.717) is 32.7 Å². The van der Waals surface area contributed by atoms with Crippen LogP contribution in [0.5, 0.6) is 0 Å². The van der Waals surface area contributed by atoms with Crippen LogP contribution >= 0.6 is 0 Å². The summed E-state index contributed by atoms with van der Waals surface area (Å²) in [7, 11) is 3.98. The Labute approximate surface area is 145 Å². The van der Waals surface area contributed by atoms with E-state index in [0.717, 1.165) is 38.9 Å². The maximum atomic E-state index is 12.7. The molecule has 0 aromatic carbocycles. The third-order valence-corrected chi connectivity index (χ3v) is 4.84. The normalized spacial score (nSPS) is 22.7. The fourth-order valence-corrected chi connectivity index (χ4v) is 3.31. The highest BCUT2D eigenvalue weighted by Crippen LogP contribution is 2.23. The Balaban J connectivity index is 1.74. The summed E-state index contributed by atoms with van der Waals surface area (Å²) in [5.41, 5.74) is 5.47. The lowest BCUT2D eigenvalue weighted by Crippen LogP contribution is -2.44. The Bertz CT molecular complexity index is 422. The van der Waals surface area contributed by atoms with Crippen molar-refractivity contribution >= 4 is 11.8 Å². The molecule has 1 unspecified atom stereocenters. The SMILES string of the molecule is CN(C)CCN1CC(C(=O)N2CCC(OCCCN)CC2)CC1=O. The summed E-state index contributed by atoms with van der Waals surface area (Å²) >= 11 is 0. The molecule has 0 bridgehead atoms. The van der Waals surface area contributed by atoms with Crippen molar-refractivity contribution in [2.75, 3.05) is 60.0 Å². The lowest BCUT2D eigenvalue weighted by atomic mass is 10.0. The molecular weight excluding hydrogens is 308 g/mol. The van der Waals surface area contributed by atoms with E-state index in [1.807, 2.05) is 23.9 Å². The van der Waals surface area contributed by atoms with Gasteiger partial charge in [0, 0.05) is 45.8 Å². The smallest absolute Gasteiger partial charge is 0.227 e. The molecule has 0 aliphatic carbocycles. The van der Waals surface area contributed by atoms with Crippen molar-refractivity contribution in [1.29, 1.82) is 0 Å². The molecule has 2 amide bonds. The fourth-order valence-electron chi connectivity index (χ4n) is 3.31. The molecule has 2 fully saturated rings. The predicted molar refractivity (Wildman–Crippen MR) is 92.5 cm³/mol. The summed E-state index contributed by atoms with van der Waals surface area (Å²) in [6.07, 6.45) is 3.23. The van der Waals surface area contributed by atoms with Gasteiger partial charge in [-0.25, -0.2) is 0 Å². The Morgan fingerprint density at radius 1 is 1.33 bits per heavy atom. The van der Waals surface area contributed by atoms with Gasteiger partial charge >= 0.3 is 0 Å². The van der Waals surface area contributed by atoms with Crippen molar-refractivity contribution in [3.05, 3.63) is 0 Å². The van der Waals surface area contributed by atoms with E-state index in [4.69, 9.17) is 10.5 Å². The number of rotatable bonds is 8. The van der Waals surface area contributed by atoms with Crippen LogP contribution < -0.4 is 5.73 Å². The molecule has 138 valence electrons. The van der Waals surface area contributed by atoms with Crippen LogP contribution in [0, 0.1) is 5.92 Å². The number of ether oxygens (including phenoxy) is 1. The number of nitrogens with zero attached hydrogens (tertiary/aromatic N) is 3. The molecule has 1 atom stereocenters. The lowest BCUT2D eigenvalue weighted by molar-refractivity contribution is -0.138. The topological polar surface area (TPSA) is 79.1 Å². The van der Waals surface area contributed by atoms with E-state index < -0.39 is 0 Å². The third-order valence-electron chi connectivity index (χ3n) is 4.84. The van der Waals surface area contributed by atoms with Gasteiger partial charge in [0.25, 0.3) is 0 Å². The van der Waals surface area contributed by atoms with Gasteiger partial charge in [-0.05, 0) is 39.9 Å². The first kappa shape index (κ1) is 19.1. The van der Waals surface area contributed by atoms with Crippen molar-refractivity contribution in [3.8, 4) is 0 Å². The maximum absolute atomic E-state index is 12.7. The molecule has 0 aromatic rings. The molecule has 0 spiro atoms. The molecule has 0 saturated carbocycles. The van der Waals surface area contributed by atoms with Crippen molar-refractivity contribution in [1.82, 2.24) is 14.7 Å². The van der Waals surface area contributed by atoms with Crippen molar-refractivity contribution in [2.45, 2.75) is 31.8 Å². The second-order valence-corrected chi connectivity index (χ2v) is 7.08. The summed E-state index contributed by atoms with van der Waals surface area (Å²) in [5.74, 6) is 0.0701. The molecule has 2 N–H and O–H groups in total. The summed E-state index contributed by atoms with van der Waals surface area (Å²) < 4.78 is 5.78. The molecular formula is C17H32N4O3. The summed E-state index contributed by atoms with van der Waals surface area (Å²) in [4.78, 5) is 30.6. The van der Waals surface area contributed by atoms with E-state index in [9.17, 15) is 9.59 Å². The van der Waals surface area contributed by atoms with Crippen LogP contribution in [-0.2, 0) is 14.3 Å². The molecule has 2 saturated heterocycles. The molecule has 7 heteroatoms. The largest absolute Gasteiger partial charge is 0.378 e. The van der Waals surface area contributed by atoms with E-state index in [-0.39, 0.29) is 23.8 Å². The fraction of sp³-hybridized carbons (Fsp3) is 0.882. The van der Waals surface area contributed by atoms with Crippen LogP contribution in [0.2, 0.25) is 0 Å². The van der Waals surface area contributed by atoms with Gasteiger partial charge in [-0.1, -0.05) is 0 Å². The number of hydrogen-bond donors (Lipinski definition) is 1. The van der Waals surface area contributed by atoms with Crippen LogP contribution in [0.1, 0.15) is 25.7 Å². The second kappa shape index (κ2) is 9.34. The Kier molecular flexibility index (Phi) is 7.45. The Morgan fingerprint density at radius 2 is 2.04 bits per heavy atom. The molecule has 2 aliphatic heterocycles. The second-order valence-electron chi connectivity index (χ2n) is 7.08. The first-order valence-corrected chi connectivity index (χ1v) is 9.04. The zero-order valence-electron chi connectivity index (χ0n) is 15.1. The predicted octanol–water partition coefficient (Wildman–Crippen LogP) is -0.247. The van der Waals surface area contributed by atoms with Gasteiger partial charge in [-0.3, -0.25) is 9.59 Å². The Hall–Kier alpha value is -1.18. The minimum atomic E-state index is -0.172. The van der Waals surface area contributed by atoms with Gasteiger partial charge in [0.15, 0.2) is 0 Å². The number of carbonyl (C=O) groups excluding carboxylic acids is 2. The number of carbonyl (C=O) groups is 2. The van der Waals surface area contributed by atoms with Gasteiger partial charge in [0.2, 0.25) is 11.8 Å². The monoisotopic (exact) mass is 340 g/mol. The first-order valence-electron chi connectivity index (χ1n) is 9.04. The molecule has 2 heterocycles. The molecule has 0 aromatic heterocycles. The minimum Gasteiger partial charge on any atom is -0.378 e. The zero-order valence-corrected chi connectivity index (χ0v) is 15.1. The average molecular weight is 340 g/mol. The molecule has 2 rings (SSSR count). The van der Waals surface area contributed by atoms with Crippen LogP contribution in [0.25, 0.3) is 0 Å². The minimum absolute atomic E-state index is 0.107. The van der Waals surface area contributed by atoms with Crippen LogP contribution in [0.3, 0.4) is 0 Å². The van der Waals surface area contributed by atoms with E-state index in [1.54, 1.807) is 0 Å². The van der Waals surface area contributed by atoms with Crippen molar-refractivity contribution in [2.24, 2.45) is 11.7 Å². The highest BCUT2D eigenvalue weighted by Gasteiger charge is 2.37. The van der Waals surface area contributed by atoms with Crippen LogP contribution in [0.4, 0.5) is 0 Å². The van der Waals surface area contributed by atoms with Crippen LogP contribution in [-0.4, -0.2) is 92.6 Å². The number of amides is 2. The number of likely N-dealkylation sites (N-methyl/N-ethyl adjacent to an activating group) is 1. The molecule has 2 aliphatic rings. The van der Waals surface area contributed by atoms with Crippen LogP contribution in [0.15, 0.2) is 0 Å². The maximum Gasteiger partial charge on any atom is 0.227 e. The summed E-state index contributed by atoms with van der Waals surface area (Å²) in [5, 5.41) is 0. The average Bonchev–Trinajstić information content (AvgIpc) is 2.94. The van der Waals surface area contributed by atoms with E-state index in [1.165, 1.54) is 0 Å². The molecule has 24 heavy (non-hydrogen) atoms. The third kappa shape index (κ3) is 5.43. The number of nitrogens with two attached hydrogens (primary N) is 1. The van der Waals surface area contributed by atoms with Gasteiger partial charge < -0.3 is 25.2 Å². The molecule has 0 radical (unpaired) electrons. The van der Waals surface area contributed by atoms with Gasteiger partial charge in [0.1, 0.15) is 0 Å². The highest BCUT2D eigenvalue weighted by atomic mass is 16.5. The zero-order chi connectivity index (χ0) is 17.5. The van der Waals surface area contributed by atoms with E-state index >= 15 is 0 Å². The van der Waals surface area contributed by atoms with Gasteiger partial charge in [0.05, 0.1) is 12.0 Å². The molecule has 7 nitrogen and oxygen atoms in total. The standard InChI is InChI=1S/C17H32N4O3/c1-19(2)9-10-21-13-14(12-16(21)22)17(23)20-7-4-15(5-8-20)24-11-3-6-18/h14-15H,3-13,18H2,1-2H3. The van der Waals surface area contributed by atoms with Crippen molar-refractivity contribution < 1.29 is 14.3 Å².